The summed E-state index contributed by atoms with van der Waals surface area (Å²) in [5, 5.41) is 16.4. The molecule has 0 spiro atoms. The second-order valence-corrected chi connectivity index (χ2v) is 9.73. The summed E-state index contributed by atoms with van der Waals surface area (Å²) in [6.07, 6.45) is 3.02. The minimum atomic E-state index is -4.39. The van der Waals surface area contributed by atoms with Crippen LogP contribution < -0.4 is 10.6 Å². The van der Waals surface area contributed by atoms with Crippen LogP contribution in [0.25, 0.3) is 11.3 Å². The summed E-state index contributed by atoms with van der Waals surface area (Å²) in [6.45, 7) is 7.16. The van der Waals surface area contributed by atoms with E-state index in [0.29, 0.717) is 24.3 Å². The summed E-state index contributed by atoms with van der Waals surface area (Å²) in [7, 11) is 0. The number of nitrogens with one attached hydrogen (secondary N) is 2. The maximum absolute atomic E-state index is 12.9. The van der Waals surface area contributed by atoms with Gasteiger partial charge in [0.1, 0.15) is 5.82 Å². The number of aromatic nitrogens is 3. The fourth-order valence-corrected chi connectivity index (χ4v) is 4.63. The van der Waals surface area contributed by atoms with Crippen LogP contribution in [0.1, 0.15) is 57.1 Å². The van der Waals surface area contributed by atoms with Crippen LogP contribution in [0.4, 0.5) is 30.6 Å². The maximum atomic E-state index is 12.9. The number of hydrogen-bond acceptors (Lipinski definition) is 7. The number of nitrogens with zero attached hydrogens (tertiary/aromatic N) is 4. The first-order valence-electron chi connectivity index (χ1n) is 13.2. The molecule has 38 heavy (non-hydrogen) atoms. The number of aliphatic hydroxyl groups excluding tert-OH is 1. The van der Waals surface area contributed by atoms with Gasteiger partial charge in [-0.2, -0.15) is 18.2 Å². The van der Waals surface area contributed by atoms with E-state index < -0.39 is 11.7 Å². The van der Waals surface area contributed by atoms with Crippen LogP contribution in [0.3, 0.4) is 0 Å². The molecule has 3 N–H and O–H groups in total. The highest BCUT2D eigenvalue weighted by Crippen LogP contribution is 2.32. The van der Waals surface area contributed by atoms with Gasteiger partial charge in [0.05, 0.1) is 22.9 Å². The standard InChI is InChI=1S/C28H35F3N6O/c1-3-15-37(4-2)18-19-5-14-25(32-16-19)24-17-33-27(35-22-8-6-20(7-9-22)28(29,30)31)36-26(24)34-21-10-12-23(38)13-11-21/h5-9,14,16-17,21,23,38H,3-4,10-13,15,18H2,1-2H3,(H2,33,34,35,36)/t21-,23-. The molecule has 4 rings (SSSR count). The van der Waals surface area contributed by atoms with Gasteiger partial charge in [-0.3, -0.25) is 9.88 Å². The summed E-state index contributed by atoms with van der Waals surface area (Å²) < 4.78 is 38.7. The van der Waals surface area contributed by atoms with E-state index in [4.69, 9.17) is 4.98 Å². The Morgan fingerprint density at radius 1 is 0.974 bits per heavy atom. The first-order valence-corrected chi connectivity index (χ1v) is 13.2. The minimum absolute atomic E-state index is 0.136. The fraction of sp³-hybridized carbons (Fsp3) is 0.464. The van der Waals surface area contributed by atoms with Gasteiger partial charge in [0.2, 0.25) is 5.95 Å². The van der Waals surface area contributed by atoms with Crippen molar-refractivity contribution in [1.82, 2.24) is 19.9 Å². The zero-order valence-corrected chi connectivity index (χ0v) is 21.8. The molecule has 1 saturated carbocycles. The van der Waals surface area contributed by atoms with Gasteiger partial charge in [0.25, 0.3) is 0 Å². The van der Waals surface area contributed by atoms with Crippen molar-refractivity contribution in [3.63, 3.8) is 0 Å². The lowest BCUT2D eigenvalue weighted by molar-refractivity contribution is -0.137. The molecule has 0 aliphatic heterocycles. The van der Waals surface area contributed by atoms with E-state index in [9.17, 15) is 18.3 Å². The highest BCUT2D eigenvalue weighted by atomic mass is 19.4. The van der Waals surface area contributed by atoms with Gasteiger partial charge in [0.15, 0.2) is 0 Å². The number of pyridine rings is 1. The minimum Gasteiger partial charge on any atom is -0.393 e. The summed E-state index contributed by atoms with van der Waals surface area (Å²) >= 11 is 0. The summed E-state index contributed by atoms with van der Waals surface area (Å²) in [5.74, 6) is 0.860. The normalized spacial score (nSPS) is 18.0. The zero-order valence-electron chi connectivity index (χ0n) is 21.8. The molecular weight excluding hydrogens is 493 g/mol. The molecule has 2 aromatic heterocycles. The van der Waals surface area contributed by atoms with Crippen LogP contribution in [0, 0.1) is 0 Å². The molecule has 10 heteroatoms. The van der Waals surface area contributed by atoms with E-state index in [0.717, 1.165) is 67.9 Å². The molecule has 0 unspecified atom stereocenters. The van der Waals surface area contributed by atoms with Crippen molar-refractivity contribution >= 4 is 17.5 Å². The lowest BCUT2D eigenvalue weighted by Gasteiger charge is -2.27. The second kappa shape index (κ2) is 12.5. The van der Waals surface area contributed by atoms with Gasteiger partial charge >= 0.3 is 6.18 Å². The van der Waals surface area contributed by atoms with Gasteiger partial charge in [-0.25, -0.2) is 4.98 Å². The average molecular weight is 529 g/mol. The topological polar surface area (TPSA) is 86.2 Å². The van der Waals surface area contributed by atoms with Crippen molar-refractivity contribution in [3.8, 4) is 11.3 Å². The highest BCUT2D eigenvalue weighted by Gasteiger charge is 2.30. The van der Waals surface area contributed by atoms with E-state index in [-0.39, 0.29) is 18.1 Å². The summed E-state index contributed by atoms with van der Waals surface area (Å²) in [5.41, 5.74) is 2.33. The molecular formula is C28H35F3N6O. The van der Waals surface area contributed by atoms with E-state index in [1.165, 1.54) is 12.1 Å². The van der Waals surface area contributed by atoms with Crippen LogP contribution in [0.5, 0.6) is 0 Å². The number of hydrogen-bond donors (Lipinski definition) is 3. The molecule has 0 amide bonds. The van der Waals surface area contributed by atoms with Gasteiger partial charge in [-0.05, 0) is 81.1 Å². The van der Waals surface area contributed by atoms with Crippen molar-refractivity contribution in [2.75, 3.05) is 23.7 Å². The smallest absolute Gasteiger partial charge is 0.393 e. The summed E-state index contributed by atoms with van der Waals surface area (Å²) in [4.78, 5) is 16.2. The molecule has 3 aromatic rings. The van der Waals surface area contributed by atoms with Crippen LogP contribution >= 0.6 is 0 Å². The third-order valence-electron chi connectivity index (χ3n) is 6.79. The molecule has 1 aromatic carbocycles. The Morgan fingerprint density at radius 3 is 2.32 bits per heavy atom. The predicted octanol–water partition coefficient (Wildman–Crippen LogP) is 6.25. The van der Waals surface area contributed by atoms with Gasteiger partial charge in [0, 0.05) is 30.7 Å². The molecule has 2 heterocycles. The molecule has 7 nitrogen and oxygen atoms in total. The number of halogens is 3. The second-order valence-electron chi connectivity index (χ2n) is 9.73. The van der Waals surface area contributed by atoms with E-state index in [1.807, 2.05) is 12.3 Å². The third-order valence-corrected chi connectivity index (χ3v) is 6.79. The van der Waals surface area contributed by atoms with Crippen LogP contribution in [0.15, 0.2) is 48.8 Å². The van der Waals surface area contributed by atoms with E-state index in [1.54, 1.807) is 6.20 Å². The van der Waals surface area contributed by atoms with Gasteiger partial charge in [-0.15, -0.1) is 0 Å². The Morgan fingerprint density at radius 2 is 1.71 bits per heavy atom. The largest absolute Gasteiger partial charge is 0.416 e. The third kappa shape index (κ3) is 7.41. The maximum Gasteiger partial charge on any atom is 0.416 e. The molecule has 1 aliphatic carbocycles. The van der Waals surface area contributed by atoms with Gasteiger partial charge in [-0.1, -0.05) is 19.9 Å². The fourth-order valence-electron chi connectivity index (χ4n) is 4.63. The number of alkyl halides is 3. The number of anilines is 3. The lowest BCUT2D eigenvalue weighted by atomic mass is 9.93. The van der Waals surface area contributed by atoms with Crippen LogP contribution in [0.2, 0.25) is 0 Å². The quantitative estimate of drug-likeness (QED) is 0.287. The highest BCUT2D eigenvalue weighted by molar-refractivity contribution is 5.73. The summed E-state index contributed by atoms with van der Waals surface area (Å²) in [6, 6.07) is 8.92. The van der Waals surface area contributed by atoms with Crippen molar-refractivity contribution in [2.45, 2.75) is 70.8 Å². The molecule has 1 fully saturated rings. The number of rotatable bonds is 10. The Hall–Kier alpha value is -3.24. The molecule has 0 bridgehead atoms. The average Bonchev–Trinajstić information content (AvgIpc) is 2.90. The Bertz CT molecular complexity index is 1160. The van der Waals surface area contributed by atoms with Crippen molar-refractivity contribution in [1.29, 1.82) is 0 Å². The predicted molar refractivity (Wildman–Crippen MR) is 143 cm³/mol. The SMILES string of the molecule is CCCN(CC)Cc1ccc(-c2cnc(Nc3ccc(C(F)(F)F)cc3)nc2N[C@H]2CC[C@H](O)CC2)nc1. The van der Waals surface area contributed by atoms with E-state index >= 15 is 0 Å². The first kappa shape index (κ1) is 27.8. The van der Waals surface area contributed by atoms with Crippen LogP contribution in [-0.4, -0.2) is 50.2 Å². The van der Waals surface area contributed by atoms with Crippen molar-refractivity contribution in [2.24, 2.45) is 0 Å². The Balaban J connectivity index is 1.57. The Kier molecular flexibility index (Phi) is 9.17. The zero-order chi connectivity index (χ0) is 27.1. The van der Waals surface area contributed by atoms with Crippen molar-refractivity contribution < 1.29 is 18.3 Å². The molecule has 204 valence electrons. The van der Waals surface area contributed by atoms with E-state index in [2.05, 4.69) is 45.4 Å². The molecule has 0 saturated heterocycles. The number of aliphatic hydroxyl groups is 1. The van der Waals surface area contributed by atoms with Gasteiger partial charge < -0.3 is 15.7 Å². The first-order chi connectivity index (χ1) is 18.2. The molecule has 1 aliphatic rings. The molecule has 0 atom stereocenters. The number of benzene rings is 1. The Labute approximate surface area is 221 Å². The molecule has 0 radical (unpaired) electrons. The monoisotopic (exact) mass is 528 g/mol. The van der Waals surface area contributed by atoms with Crippen molar-refractivity contribution in [3.05, 3.63) is 59.9 Å². The lowest BCUT2D eigenvalue weighted by Crippen LogP contribution is -2.29. The van der Waals surface area contributed by atoms with Crippen LogP contribution in [-0.2, 0) is 12.7 Å².